The first kappa shape index (κ1) is 14.1. The average Bonchev–Trinajstić information content (AvgIpc) is 2.51. The summed E-state index contributed by atoms with van der Waals surface area (Å²) in [5.41, 5.74) is 1.26. The van der Waals surface area contributed by atoms with Crippen molar-refractivity contribution in [2.24, 2.45) is 0 Å². The summed E-state index contributed by atoms with van der Waals surface area (Å²) in [5, 5.41) is 3.13. The van der Waals surface area contributed by atoms with Crippen LogP contribution in [-0.4, -0.2) is 29.4 Å². The fourth-order valence-corrected chi connectivity index (χ4v) is 3.01. The maximum Gasteiger partial charge on any atom is 0.217 e. The topological polar surface area (TPSA) is 32.3 Å². The molecule has 1 aromatic carbocycles. The largest absolute Gasteiger partial charge is 0.350 e. The number of nitrogens with one attached hydrogen (secondary N) is 1. The molecule has 0 spiro atoms. The Balaban J connectivity index is 2.02. The van der Waals surface area contributed by atoms with Gasteiger partial charge in [0.25, 0.3) is 0 Å². The number of likely N-dealkylation sites (tertiary alicyclic amines) is 1. The number of carbonyl (C=O) groups excluding carboxylic acids is 1. The molecule has 3 nitrogen and oxygen atoms in total. The molecule has 0 radical (unpaired) electrons. The van der Waals surface area contributed by atoms with Crippen LogP contribution in [0.2, 0.25) is 0 Å². The van der Waals surface area contributed by atoms with E-state index in [-0.39, 0.29) is 11.4 Å². The highest BCUT2D eigenvalue weighted by Crippen LogP contribution is 2.21. The fourth-order valence-electron chi connectivity index (χ4n) is 3.01. The van der Waals surface area contributed by atoms with Gasteiger partial charge in [0.1, 0.15) is 0 Å². The van der Waals surface area contributed by atoms with Gasteiger partial charge in [-0.25, -0.2) is 0 Å². The van der Waals surface area contributed by atoms with Gasteiger partial charge in [0.2, 0.25) is 5.91 Å². The Morgan fingerprint density at radius 2 is 2.05 bits per heavy atom. The Hall–Kier alpha value is -1.35. The second-order valence-electron chi connectivity index (χ2n) is 5.90. The van der Waals surface area contributed by atoms with E-state index in [2.05, 4.69) is 41.4 Å². The van der Waals surface area contributed by atoms with Gasteiger partial charge < -0.3 is 5.32 Å². The molecule has 1 aliphatic heterocycles. The molecule has 1 aliphatic rings. The van der Waals surface area contributed by atoms with E-state index in [1.165, 1.54) is 18.4 Å². The summed E-state index contributed by atoms with van der Waals surface area (Å²) in [6, 6.07) is 10.6. The third kappa shape index (κ3) is 4.35. The van der Waals surface area contributed by atoms with Gasteiger partial charge in [0.15, 0.2) is 0 Å². The highest BCUT2D eigenvalue weighted by molar-refractivity contribution is 5.73. The smallest absolute Gasteiger partial charge is 0.217 e. The van der Waals surface area contributed by atoms with Crippen molar-refractivity contribution in [3.8, 4) is 0 Å². The summed E-state index contributed by atoms with van der Waals surface area (Å²) in [6.07, 6.45) is 3.46. The van der Waals surface area contributed by atoms with Crippen LogP contribution in [0.15, 0.2) is 30.3 Å². The van der Waals surface area contributed by atoms with Crippen LogP contribution in [0.3, 0.4) is 0 Å². The van der Waals surface area contributed by atoms with Crippen LogP contribution < -0.4 is 5.32 Å². The lowest BCUT2D eigenvalue weighted by Gasteiger charge is -2.33. The van der Waals surface area contributed by atoms with Crippen LogP contribution in [0.1, 0.15) is 38.7 Å². The number of rotatable bonds is 3. The maximum atomic E-state index is 11.4. The molecule has 19 heavy (non-hydrogen) atoms. The lowest BCUT2D eigenvalue weighted by atomic mass is 9.95. The molecule has 104 valence electrons. The molecule has 3 heteroatoms. The van der Waals surface area contributed by atoms with Crippen LogP contribution in [0.25, 0.3) is 0 Å². The van der Waals surface area contributed by atoms with Gasteiger partial charge in [0.05, 0.1) is 0 Å². The zero-order valence-corrected chi connectivity index (χ0v) is 12.0. The number of hydrogen-bond acceptors (Lipinski definition) is 2. The molecule has 1 aromatic rings. The van der Waals surface area contributed by atoms with Gasteiger partial charge in [0, 0.05) is 25.6 Å². The van der Waals surface area contributed by atoms with Crippen LogP contribution in [0.5, 0.6) is 0 Å². The van der Waals surface area contributed by atoms with E-state index in [4.69, 9.17) is 0 Å². The molecular weight excluding hydrogens is 236 g/mol. The van der Waals surface area contributed by atoms with Crippen LogP contribution in [0.4, 0.5) is 0 Å². The fraction of sp³-hybridized carbons (Fsp3) is 0.562. The van der Waals surface area contributed by atoms with Gasteiger partial charge in [-0.1, -0.05) is 30.3 Å². The predicted molar refractivity (Wildman–Crippen MR) is 77.8 cm³/mol. The second-order valence-corrected chi connectivity index (χ2v) is 5.90. The van der Waals surface area contributed by atoms with Gasteiger partial charge >= 0.3 is 0 Å². The average molecular weight is 260 g/mol. The predicted octanol–water partition coefficient (Wildman–Crippen LogP) is 2.57. The van der Waals surface area contributed by atoms with E-state index in [1.807, 2.05) is 6.07 Å². The minimum Gasteiger partial charge on any atom is -0.350 e. The zero-order valence-electron chi connectivity index (χ0n) is 12.0. The van der Waals surface area contributed by atoms with E-state index < -0.39 is 0 Å². The molecule has 1 unspecified atom stereocenters. The van der Waals surface area contributed by atoms with E-state index in [9.17, 15) is 4.79 Å². The molecule has 1 amide bonds. The summed E-state index contributed by atoms with van der Waals surface area (Å²) < 4.78 is 0. The highest BCUT2D eigenvalue weighted by atomic mass is 16.1. The molecule has 0 aromatic heterocycles. The number of carbonyl (C=O) groups is 1. The number of nitrogens with zero attached hydrogens (tertiary/aromatic N) is 1. The van der Waals surface area contributed by atoms with Crippen molar-refractivity contribution in [2.75, 3.05) is 13.1 Å². The Morgan fingerprint density at radius 3 is 2.74 bits per heavy atom. The van der Waals surface area contributed by atoms with Crippen molar-refractivity contribution in [1.29, 1.82) is 0 Å². The minimum atomic E-state index is -0.0862. The van der Waals surface area contributed by atoms with E-state index in [0.717, 1.165) is 26.1 Å². The normalized spacial score (nSPS) is 24.7. The third-order valence-electron chi connectivity index (χ3n) is 3.75. The molecule has 1 heterocycles. The molecule has 1 saturated heterocycles. The highest BCUT2D eigenvalue weighted by Gasteiger charge is 2.29. The van der Waals surface area contributed by atoms with Crippen LogP contribution in [0, 0.1) is 0 Å². The molecule has 1 atom stereocenters. The Labute approximate surface area is 116 Å². The Kier molecular flexibility index (Phi) is 4.59. The molecule has 0 saturated carbocycles. The summed E-state index contributed by atoms with van der Waals surface area (Å²) in [5.74, 6) is 0.0732. The van der Waals surface area contributed by atoms with Crippen molar-refractivity contribution in [3.63, 3.8) is 0 Å². The molecule has 0 bridgehead atoms. The first-order valence-electron chi connectivity index (χ1n) is 7.12. The molecule has 2 rings (SSSR count). The van der Waals surface area contributed by atoms with Gasteiger partial charge in [-0.3, -0.25) is 9.69 Å². The van der Waals surface area contributed by atoms with E-state index in [1.54, 1.807) is 6.92 Å². The molecule has 0 aliphatic carbocycles. The molecular formula is C16H24N2O. The van der Waals surface area contributed by atoms with Gasteiger partial charge in [-0.05, 0) is 38.3 Å². The van der Waals surface area contributed by atoms with Gasteiger partial charge in [-0.15, -0.1) is 0 Å². The Morgan fingerprint density at radius 1 is 1.32 bits per heavy atom. The summed E-state index contributed by atoms with van der Waals surface area (Å²) >= 11 is 0. The third-order valence-corrected chi connectivity index (χ3v) is 3.75. The van der Waals surface area contributed by atoms with Crippen molar-refractivity contribution in [3.05, 3.63) is 35.9 Å². The van der Waals surface area contributed by atoms with Crippen LogP contribution in [-0.2, 0) is 11.3 Å². The molecule has 1 N–H and O–H groups in total. The summed E-state index contributed by atoms with van der Waals surface area (Å²) in [6.45, 7) is 6.79. The lowest BCUT2D eigenvalue weighted by Crippen LogP contribution is -2.51. The number of benzene rings is 1. The number of hydrogen-bond donors (Lipinski definition) is 1. The summed E-state index contributed by atoms with van der Waals surface area (Å²) in [7, 11) is 0. The Bertz CT molecular complexity index is 418. The standard InChI is InChI=1S/C16H24N2O/c1-14(19)17-16(2)10-6-7-11-18(13-16)12-15-8-4-3-5-9-15/h3-5,8-9H,6-7,10-13H2,1-2H3,(H,17,19). The zero-order chi connectivity index (χ0) is 13.7. The van der Waals surface area contributed by atoms with E-state index >= 15 is 0 Å². The van der Waals surface area contributed by atoms with Gasteiger partial charge in [-0.2, -0.15) is 0 Å². The van der Waals surface area contributed by atoms with Crippen molar-refractivity contribution >= 4 is 5.91 Å². The van der Waals surface area contributed by atoms with E-state index in [0.29, 0.717) is 0 Å². The van der Waals surface area contributed by atoms with Crippen molar-refractivity contribution in [1.82, 2.24) is 10.2 Å². The first-order chi connectivity index (χ1) is 9.07. The SMILES string of the molecule is CC(=O)NC1(C)CCCCN(Cc2ccccc2)C1. The lowest BCUT2D eigenvalue weighted by molar-refractivity contribution is -0.121. The van der Waals surface area contributed by atoms with Crippen LogP contribution >= 0.6 is 0 Å². The maximum absolute atomic E-state index is 11.4. The first-order valence-corrected chi connectivity index (χ1v) is 7.12. The van der Waals surface area contributed by atoms with Crippen molar-refractivity contribution in [2.45, 2.75) is 45.2 Å². The second kappa shape index (κ2) is 6.20. The van der Waals surface area contributed by atoms with Crippen molar-refractivity contribution < 1.29 is 4.79 Å². The summed E-state index contributed by atoms with van der Waals surface area (Å²) in [4.78, 5) is 13.8. The monoisotopic (exact) mass is 260 g/mol. The minimum absolute atomic E-state index is 0.0732. The quantitative estimate of drug-likeness (QED) is 0.906. The number of amides is 1. The molecule has 1 fully saturated rings.